The van der Waals surface area contributed by atoms with E-state index in [4.69, 9.17) is 5.73 Å². The summed E-state index contributed by atoms with van der Waals surface area (Å²) in [6.45, 7) is 4.64. The third-order valence-corrected chi connectivity index (χ3v) is 3.65. The third-order valence-electron chi connectivity index (χ3n) is 3.65. The van der Waals surface area contributed by atoms with E-state index in [1.54, 1.807) is 0 Å². The fourth-order valence-corrected chi connectivity index (χ4v) is 2.50. The van der Waals surface area contributed by atoms with E-state index in [0.717, 1.165) is 28.8 Å². The van der Waals surface area contributed by atoms with Crippen molar-refractivity contribution >= 4 is 11.6 Å². The van der Waals surface area contributed by atoms with Crippen LogP contribution >= 0.6 is 0 Å². The summed E-state index contributed by atoms with van der Waals surface area (Å²) in [4.78, 5) is 12.6. The number of carbonyl (C=O) groups is 1. The normalized spacial score (nSPS) is 10.4. The minimum absolute atomic E-state index is 0.0666. The fraction of sp³-hybridized carbons (Fsp3) is 0.278. The summed E-state index contributed by atoms with van der Waals surface area (Å²) in [6.07, 6.45) is 1.60. The summed E-state index contributed by atoms with van der Waals surface area (Å²) in [7, 11) is 0. The summed E-state index contributed by atoms with van der Waals surface area (Å²) in [6, 6.07) is 13.7. The predicted octanol–water partition coefficient (Wildman–Crippen LogP) is 3.31. The molecule has 0 saturated heterocycles. The highest BCUT2D eigenvalue weighted by molar-refractivity contribution is 6.06. The number of nitrogens with one attached hydrogen (secondary N) is 1. The molecule has 0 fully saturated rings. The molecule has 2 aromatic carbocycles. The molecule has 2 aromatic rings. The van der Waals surface area contributed by atoms with Gasteiger partial charge in [0, 0.05) is 11.3 Å². The fourth-order valence-electron chi connectivity index (χ4n) is 2.50. The second-order valence-electron chi connectivity index (χ2n) is 5.11. The Morgan fingerprint density at radius 3 is 2.52 bits per heavy atom. The third kappa shape index (κ3) is 3.50. The molecule has 1 amide bonds. The van der Waals surface area contributed by atoms with E-state index in [2.05, 4.69) is 18.3 Å². The minimum atomic E-state index is -0.0666. The maximum atomic E-state index is 12.6. The topological polar surface area (TPSA) is 55.1 Å². The van der Waals surface area contributed by atoms with Crippen molar-refractivity contribution in [2.24, 2.45) is 5.73 Å². The zero-order chi connectivity index (χ0) is 15.2. The first-order valence-corrected chi connectivity index (χ1v) is 7.35. The van der Waals surface area contributed by atoms with Gasteiger partial charge in [0.25, 0.3) is 5.91 Å². The number of rotatable bonds is 5. The average Bonchev–Trinajstić information content (AvgIpc) is 2.50. The standard InChI is InChI=1S/C18H22N2O/c1-3-14-9-6-7-13(2)17(14)20-18(21)16-10-5-4-8-15(16)11-12-19/h4-10H,3,11-12,19H2,1-2H3,(H,20,21). The number of para-hydroxylation sites is 1. The quantitative estimate of drug-likeness (QED) is 0.884. The lowest BCUT2D eigenvalue weighted by Crippen LogP contribution is -2.17. The molecule has 21 heavy (non-hydrogen) atoms. The average molecular weight is 282 g/mol. The van der Waals surface area contributed by atoms with Gasteiger partial charge in [0.15, 0.2) is 0 Å². The van der Waals surface area contributed by atoms with Crippen LogP contribution < -0.4 is 11.1 Å². The molecule has 0 aliphatic heterocycles. The van der Waals surface area contributed by atoms with Crippen LogP contribution in [0.5, 0.6) is 0 Å². The molecule has 3 heteroatoms. The predicted molar refractivity (Wildman–Crippen MR) is 87.7 cm³/mol. The van der Waals surface area contributed by atoms with Crippen molar-refractivity contribution < 1.29 is 4.79 Å². The zero-order valence-corrected chi connectivity index (χ0v) is 12.6. The second kappa shape index (κ2) is 7.04. The lowest BCUT2D eigenvalue weighted by Gasteiger charge is -2.14. The Kier molecular flexibility index (Phi) is 5.12. The Labute approximate surface area is 126 Å². The van der Waals surface area contributed by atoms with Crippen LogP contribution in [-0.2, 0) is 12.8 Å². The van der Waals surface area contributed by atoms with E-state index in [-0.39, 0.29) is 5.91 Å². The first-order valence-electron chi connectivity index (χ1n) is 7.35. The van der Waals surface area contributed by atoms with Gasteiger partial charge in [0.1, 0.15) is 0 Å². The van der Waals surface area contributed by atoms with Crippen molar-refractivity contribution in [2.75, 3.05) is 11.9 Å². The number of aryl methyl sites for hydroxylation is 2. The van der Waals surface area contributed by atoms with E-state index in [1.165, 1.54) is 0 Å². The van der Waals surface area contributed by atoms with Gasteiger partial charge in [-0.2, -0.15) is 0 Å². The molecule has 2 rings (SSSR count). The summed E-state index contributed by atoms with van der Waals surface area (Å²) < 4.78 is 0. The molecule has 0 bridgehead atoms. The Morgan fingerprint density at radius 1 is 1.10 bits per heavy atom. The van der Waals surface area contributed by atoms with Crippen molar-refractivity contribution in [3.63, 3.8) is 0 Å². The monoisotopic (exact) mass is 282 g/mol. The second-order valence-corrected chi connectivity index (χ2v) is 5.11. The molecule has 0 aliphatic carbocycles. The van der Waals surface area contributed by atoms with Crippen LogP contribution in [0.3, 0.4) is 0 Å². The molecule has 0 unspecified atom stereocenters. The van der Waals surface area contributed by atoms with Crippen LogP contribution in [0, 0.1) is 6.92 Å². The Hall–Kier alpha value is -2.13. The van der Waals surface area contributed by atoms with E-state index < -0.39 is 0 Å². The van der Waals surface area contributed by atoms with Gasteiger partial charge in [-0.3, -0.25) is 4.79 Å². The van der Waals surface area contributed by atoms with Crippen LogP contribution in [0.4, 0.5) is 5.69 Å². The van der Waals surface area contributed by atoms with Crippen LogP contribution in [0.1, 0.15) is 34.0 Å². The maximum absolute atomic E-state index is 12.6. The van der Waals surface area contributed by atoms with Crippen molar-refractivity contribution in [3.05, 3.63) is 64.7 Å². The van der Waals surface area contributed by atoms with E-state index in [0.29, 0.717) is 18.5 Å². The molecule has 0 saturated carbocycles. The first-order chi connectivity index (χ1) is 10.2. The lowest BCUT2D eigenvalue weighted by molar-refractivity contribution is 0.102. The smallest absolute Gasteiger partial charge is 0.255 e. The Morgan fingerprint density at radius 2 is 1.81 bits per heavy atom. The molecule has 0 aromatic heterocycles. The molecule has 0 spiro atoms. The molecular formula is C18H22N2O. The van der Waals surface area contributed by atoms with E-state index in [1.807, 2.05) is 43.3 Å². The van der Waals surface area contributed by atoms with E-state index in [9.17, 15) is 4.79 Å². The van der Waals surface area contributed by atoms with Gasteiger partial charge in [-0.15, -0.1) is 0 Å². The largest absolute Gasteiger partial charge is 0.330 e. The summed E-state index contributed by atoms with van der Waals surface area (Å²) in [5.41, 5.74) is 10.5. The van der Waals surface area contributed by atoms with Gasteiger partial charge in [-0.05, 0) is 49.1 Å². The Balaban J connectivity index is 2.31. The number of hydrogen-bond donors (Lipinski definition) is 2. The van der Waals surface area contributed by atoms with Gasteiger partial charge < -0.3 is 11.1 Å². The summed E-state index contributed by atoms with van der Waals surface area (Å²) >= 11 is 0. The number of benzene rings is 2. The van der Waals surface area contributed by atoms with Gasteiger partial charge in [-0.25, -0.2) is 0 Å². The molecule has 3 N–H and O–H groups in total. The molecule has 110 valence electrons. The van der Waals surface area contributed by atoms with Crippen LogP contribution in [0.15, 0.2) is 42.5 Å². The number of amides is 1. The van der Waals surface area contributed by atoms with Crippen molar-refractivity contribution in [1.29, 1.82) is 0 Å². The van der Waals surface area contributed by atoms with Crippen molar-refractivity contribution in [3.8, 4) is 0 Å². The SMILES string of the molecule is CCc1cccc(C)c1NC(=O)c1ccccc1CCN. The maximum Gasteiger partial charge on any atom is 0.255 e. The minimum Gasteiger partial charge on any atom is -0.330 e. The molecule has 0 radical (unpaired) electrons. The van der Waals surface area contributed by atoms with Gasteiger partial charge in [0.05, 0.1) is 0 Å². The van der Waals surface area contributed by atoms with Gasteiger partial charge in [0.2, 0.25) is 0 Å². The number of carbonyl (C=O) groups excluding carboxylic acids is 1. The first kappa shape index (κ1) is 15.3. The van der Waals surface area contributed by atoms with E-state index >= 15 is 0 Å². The molecule has 0 heterocycles. The lowest BCUT2D eigenvalue weighted by atomic mass is 10.0. The van der Waals surface area contributed by atoms with Crippen LogP contribution in [0.2, 0.25) is 0 Å². The molecule has 0 atom stereocenters. The number of nitrogens with two attached hydrogens (primary N) is 1. The molecule has 3 nitrogen and oxygen atoms in total. The number of anilines is 1. The van der Waals surface area contributed by atoms with Gasteiger partial charge in [-0.1, -0.05) is 43.3 Å². The highest BCUT2D eigenvalue weighted by Gasteiger charge is 2.13. The summed E-state index contributed by atoms with van der Waals surface area (Å²) in [5.74, 6) is -0.0666. The van der Waals surface area contributed by atoms with Crippen LogP contribution in [0.25, 0.3) is 0 Å². The van der Waals surface area contributed by atoms with Crippen molar-refractivity contribution in [2.45, 2.75) is 26.7 Å². The highest BCUT2D eigenvalue weighted by atomic mass is 16.1. The van der Waals surface area contributed by atoms with Crippen LogP contribution in [-0.4, -0.2) is 12.5 Å². The Bertz CT molecular complexity index is 635. The molecule has 0 aliphatic rings. The van der Waals surface area contributed by atoms with Crippen molar-refractivity contribution in [1.82, 2.24) is 0 Å². The molecular weight excluding hydrogens is 260 g/mol. The van der Waals surface area contributed by atoms with Gasteiger partial charge >= 0.3 is 0 Å². The highest BCUT2D eigenvalue weighted by Crippen LogP contribution is 2.22. The number of hydrogen-bond acceptors (Lipinski definition) is 2. The zero-order valence-electron chi connectivity index (χ0n) is 12.6. The summed E-state index contributed by atoms with van der Waals surface area (Å²) in [5, 5.41) is 3.07.